The van der Waals surface area contributed by atoms with Crippen molar-refractivity contribution in [1.82, 2.24) is 9.97 Å². The van der Waals surface area contributed by atoms with E-state index >= 15 is 0 Å². The zero-order chi connectivity index (χ0) is 18.4. The summed E-state index contributed by atoms with van der Waals surface area (Å²) in [6, 6.07) is 0. The molecule has 4 saturated carbocycles. The van der Waals surface area contributed by atoms with Gasteiger partial charge >= 0.3 is 0 Å². The van der Waals surface area contributed by atoms with Gasteiger partial charge in [-0.1, -0.05) is 0 Å². The molecule has 0 radical (unpaired) electrons. The fourth-order valence-electron chi connectivity index (χ4n) is 4.64. The van der Waals surface area contributed by atoms with Gasteiger partial charge in [0.05, 0.1) is 11.2 Å². The molecule has 0 spiro atoms. The number of nitrogens with two attached hydrogens (primary N) is 1. The minimum atomic E-state index is -0.514. The largest absolute Gasteiger partial charge is 0.390 e. The molecule has 26 heavy (non-hydrogen) atoms. The minimum absolute atomic E-state index is 0.0221. The highest BCUT2D eigenvalue weighted by Gasteiger charge is 2.47. The zero-order valence-corrected chi connectivity index (χ0v) is 15.5. The number of fused-ring (bicyclic) bond motifs is 3. The lowest BCUT2D eigenvalue weighted by molar-refractivity contribution is -0.0871. The third-order valence-corrected chi connectivity index (χ3v) is 6.92. The van der Waals surface area contributed by atoms with Crippen LogP contribution >= 0.6 is 0 Å². The summed E-state index contributed by atoms with van der Waals surface area (Å²) >= 11 is 0. The number of hydrogen-bond donors (Lipinski definition) is 4. The Kier molecular flexibility index (Phi) is 4.10. The average Bonchev–Trinajstić information content (AvgIpc) is 2.60. The predicted molar refractivity (Wildman–Crippen MR) is 100 cm³/mol. The number of nitrogens with one attached hydrogen (secondary N) is 2. The molecule has 7 heteroatoms. The first-order chi connectivity index (χ1) is 12.3. The van der Waals surface area contributed by atoms with Gasteiger partial charge in [-0.25, -0.2) is 4.98 Å². The highest BCUT2D eigenvalue weighted by molar-refractivity contribution is 5.97. The second kappa shape index (κ2) is 6.08. The standard InChI is InChI=1S/C19H29N5O2/c1-17(3-2-4-17)24-15-13(14(20)25)11-21-16(23-15)22-12-18-5-8-19(26,9-6-18)10-7-18/h11,26H,2-10,12H2,1H3,(H2,20,25)(H2,21,22,23,24). The second-order valence-electron chi connectivity index (χ2n) is 8.94. The lowest BCUT2D eigenvalue weighted by atomic mass is 9.58. The molecule has 1 amide bonds. The molecule has 7 nitrogen and oxygen atoms in total. The number of rotatable bonds is 6. The van der Waals surface area contributed by atoms with Gasteiger partial charge in [0.25, 0.3) is 5.91 Å². The molecular formula is C19H29N5O2. The van der Waals surface area contributed by atoms with E-state index in [1.54, 1.807) is 0 Å². The molecule has 142 valence electrons. The van der Waals surface area contributed by atoms with E-state index in [1.807, 2.05) is 0 Å². The fourth-order valence-corrected chi connectivity index (χ4v) is 4.64. The summed E-state index contributed by atoms with van der Waals surface area (Å²) in [5.41, 5.74) is 5.61. The van der Waals surface area contributed by atoms with E-state index in [4.69, 9.17) is 5.73 Å². The molecule has 4 aliphatic rings. The van der Waals surface area contributed by atoms with Gasteiger partial charge in [-0.15, -0.1) is 0 Å². The lowest BCUT2D eigenvalue weighted by Gasteiger charge is -2.51. The number of hydrogen-bond acceptors (Lipinski definition) is 6. The fraction of sp³-hybridized carbons (Fsp3) is 0.737. The number of aromatic nitrogens is 2. The molecule has 0 saturated heterocycles. The molecule has 2 bridgehead atoms. The van der Waals surface area contributed by atoms with Crippen molar-refractivity contribution in [2.45, 2.75) is 75.9 Å². The highest BCUT2D eigenvalue weighted by Crippen LogP contribution is 2.52. The van der Waals surface area contributed by atoms with E-state index in [0.717, 1.165) is 57.9 Å². The van der Waals surface area contributed by atoms with Gasteiger partial charge in [0.15, 0.2) is 0 Å². The molecule has 4 aliphatic carbocycles. The van der Waals surface area contributed by atoms with Crippen LogP contribution in [0.4, 0.5) is 11.8 Å². The second-order valence-corrected chi connectivity index (χ2v) is 8.94. The Morgan fingerprint density at radius 3 is 2.38 bits per heavy atom. The van der Waals surface area contributed by atoms with Crippen molar-refractivity contribution in [3.63, 3.8) is 0 Å². The van der Waals surface area contributed by atoms with Gasteiger partial charge < -0.3 is 21.5 Å². The van der Waals surface area contributed by atoms with Crippen molar-refractivity contribution in [2.75, 3.05) is 17.2 Å². The number of primary amides is 1. The number of amides is 1. The zero-order valence-electron chi connectivity index (χ0n) is 15.5. The van der Waals surface area contributed by atoms with E-state index in [9.17, 15) is 9.90 Å². The number of aliphatic hydroxyl groups is 1. The van der Waals surface area contributed by atoms with Crippen LogP contribution < -0.4 is 16.4 Å². The van der Waals surface area contributed by atoms with Crippen LogP contribution in [0.25, 0.3) is 0 Å². The number of carbonyl (C=O) groups is 1. The van der Waals surface area contributed by atoms with Gasteiger partial charge in [0.1, 0.15) is 5.82 Å². The predicted octanol–water partition coefficient (Wildman–Crippen LogP) is 2.43. The number of carbonyl (C=O) groups excluding carboxylic acids is 1. The van der Waals surface area contributed by atoms with Gasteiger partial charge in [-0.2, -0.15) is 4.98 Å². The average molecular weight is 359 g/mol. The summed E-state index contributed by atoms with van der Waals surface area (Å²) in [5.74, 6) is 0.539. The SMILES string of the molecule is CC1(Nc2nc(NCC34CCC(O)(CC3)CC4)ncc2C(N)=O)CCC1. The quantitative estimate of drug-likeness (QED) is 0.620. The summed E-state index contributed by atoms with van der Waals surface area (Å²) < 4.78 is 0. The number of anilines is 2. The Morgan fingerprint density at radius 1 is 1.19 bits per heavy atom. The van der Waals surface area contributed by atoms with Gasteiger partial charge in [0, 0.05) is 18.3 Å². The van der Waals surface area contributed by atoms with E-state index < -0.39 is 11.5 Å². The molecule has 0 unspecified atom stereocenters. The molecule has 5 N–H and O–H groups in total. The van der Waals surface area contributed by atoms with Crippen LogP contribution in [-0.4, -0.2) is 38.7 Å². The van der Waals surface area contributed by atoms with Crippen LogP contribution in [0.2, 0.25) is 0 Å². The Balaban J connectivity index is 1.47. The number of nitrogens with zero attached hydrogens (tertiary/aromatic N) is 2. The summed E-state index contributed by atoms with van der Waals surface area (Å²) in [5, 5.41) is 17.1. The first kappa shape index (κ1) is 17.5. The maximum absolute atomic E-state index is 11.7. The van der Waals surface area contributed by atoms with Gasteiger partial charge in [-0.3, -0.25) is 4.79 Å². The van der Waals surface area contributed by atoms with Crippen molar-refractivity contribution in [1.29, 1.82) is 0 Å². The molecule has 0 atom stereocenters. The topological polar surface area (TPSA) is 113 Å². The van der Waals surface area contributed by atoms with Crippen LogP contribution in [0.3, 0.4) is 0 Å². The van der Waals surface area contributed by atoms with Crippen molar-refractivity contribution in [3.8, 4) is 0 Å². The first-order valence-corrected chi connectivity index (χ1v) is 9.72. The van der Waals surface area contributed by atoms with Crippen molar-refractivity contribution in [3.05, 3.63) is 11.8 Å². The molecule has 0 aliphatic heterocycles. The molecule has 4 fully saturated rings. The molecule has 1 aromatic rings. The lowest BCUT2D eigenvalue weighted by Crippen LogP contribution is -2.48. The molecule has 0 aromatic carbocycles. The first-order valence-electron chi connectivity index (χ1n) is 9.72. The van der Waals surface area contributed by atoms with E-state index in [1.165, 1.54) is 12.6 Å². The van der Waals surface area contributed by atoms with E-state index in [-0.39, 0.29) is 11.0 Å². The maximum Gasteiger partial charge on any atom is 0.254 e. The van der Waals surface area contributed by atoms with Crippen LogP contribution in [0.15, 0.2) is 6.20 Å². The van der Waals surface area contributed by atoms with Crippen LogP contribution in [0.5, 0.6) is 0 Å². The van der Waals surface area contributed by atoms with Gasteiger partial charge in [0.2, 0.25) is 5.95 Å². The van der Waals surface area contributed by atoms with E-state index in [0.29, 0.717) is 17.3 Å². The smallest absolute Gasteiger partial charge is 0.254 e. The van der Waals surface area contributed by atoms with Crippen LogP contribution in [-0.2, 0) is 0 Å². The van der Waals surface area contributed by atoms with Crippen molar-refractivity contribution >= 4 is 17.7 Å². The molecular weight excluding hydrogens is 330 g/mol. The Morgan fingerprint density at radius 2 is 1.85 bits per heavy atom. The minimum Gasteiger partial charge on any atom is -0.390 e. The van der Waals surface area contributed by atoms with Crippen LogP contribution in [0.1, 0.15) is 75.1 Å². The summed E-state index contributed by atoms with van der Waals surface area (Å²) in [6.45, 7) is 2.94. The van der Waals surface area contributed by atoms with Crippen LogP contribution in [0, 0.1) is 5.41 Å². The third kappa shape index (κ3) is 3.24. The summed E-state index contributed by atoms with van der Waals surface area (Å²) in [7, 11) is 0. The highest BCUT2D eigenvalue weighted by atomic mass is 16.3. The molecule has 5 rings (SSSR count). The summed E-state index contributed by atoms with van der Waals surface area (Å²) in [6.07, 6.45) is 10.6. The molecule has 1 heterocycles. The normalized spacial score (nSPS) is 31.9. The van der Waals surface area contributed by atoms with Gasteiger partial charge in [-0.05, 0) is 70.1 Å². The maximum atomic E-state index is 11.7. The van der Waals surface area contributed by atoms with Crippen molar-refractivity contribution < 1.29 is 9.90 Å². The Bertz CT molecular complexity index is 691. The van der Waals surface area contributed by atoms with E-state index in [2.05, 4.69) is 27.5 Å². The monoisotopic (exact) mass is 359 g/mol. The Hall–Kier alpha value is -1.89. The Labute approximate surface area is 154 Å². The third-order valence-electron chi connectivity index (χ3n) is 6.92. The molecule has 1 aromatic heterocycles. The summed E-state index contributed by atoms with van der Waals surface area (Å²) in [4.78, 5) is 20.6. The van der Waals surface area contributed by atoms with Crippen molar-refractivity contribution in [2.24, 2.45) is 11.1 Å².